The number of benzene rings is 3. The maximum Gasteiger partial charge on any atom is 0.227 e. The van der Waals surface area contributed by atoms with Gasteiger partial charge in [-0.1, -0.05) is 18.2 Å². The molecule has 0 atom stereocenters. The number of ether oxygens (including phenoxy) is 2. The molecule has 0 bridgehead atoms. The maximum atomic E-state index is 14.2. The molecule has 0 aliphatic carbocycles. The summed E-state index contributed by atoms with van der Waals surface area (Å²) in [5.41, 5.74) is 5.51. The SMILES string of the molecule is COCCCNCc1cc(OC)c2oc(-c3cccc(-c4ccc(F)cc4-c4nncn4C)c3)nc2c1. The summed E-state index contributed by atoms with van der Waals surface area (Å²) in [7, 11) is 5.15. The predicted octanol–water partition coefficient (Wildman–Crippen LogP) is 5.23. The average Bonchev–Trinajstić information content (AvgIpc) is 3.54. The van der Waals surface area contributed by atoms with E-state index < -0.39 is 0 Å². The molecule has 0 aliphatic rings. The van der Waals surface area contributed by atoms with Gasteiger partial charge in [-0.3, -0.25) is 0 Å². The monoisotopic (exact) mass is 501 g/mol. The van der Waals surface area contributed by atoms with Crippen molar-refractivity contribution in [2.45, 2.75) is 13.0 Å². The zero-order chi connectivity index (χ0) is 25.8. The number of rotatable bonds is 10. The van der Waals surface area contributed by atoms with Crippen molar-refractivity contribution in [3.8, 4) is 39.7 Å². The van der Waals surface area contributed by atoms with Crippen molar-refractivity contribution in [1.82, 2.24) is 25.1 Å². The lowest BCUT2D eigenvalue weighted by molar-refractivity contribution is 0.194. The normalized spacial score (nSPS) is 11.4. The molecule has 0 saturated carbocycles. The molecule has 0 fully saturated rings. The van der Waals surface area contributed by atoms with E-state index in [0.717, 1.165) is 47.3 Å². The smallest absolute Gasteiger partial charge is 0.227 e. The summed E-state index contributed by atoms with van der Waals surface area (Å²) in [5, 5.41) is 11.5. The number of nitrogens with zero attached hydrogens (tertiary/aromatic N) is 4. The number of aromatic nitrogens is 4. The number of aryl methyl sites for hydroxylation is 1. The van der Waals surface area contributed by atoms with Crippen LogP contribution in [0, 0.1) is 5.82 Å². The molecule has 3 aromatic carbocycles. The van der Waals surface area contributed by atoms with Crippen molar-refractivity contribution < 1.29 is 18.3 Å². The lowest BCUT2D eigenvalue weighted by Gasteiger charge is -2.10. The van der Waals surface area contributed by atoms with Gasteiger partial charge in [0.1, 0.15) is 17.7 Å². The number of methoxy groups -OCH3 is 2. The fourth-order valence-corrected chi connectivity index (χ4v) is 4.31. The maximum absolute atomic E-state index is 14.2. The Morgan fingerprint density at radius 1 is 1.03 bits per heavy atom. The zero-order valence-electron chi connectivity index (χ0n) is 21.0. The van der Waals surface area contributed by atoms with Crippen LogP contribution in [0.1, 0.15) is 12.0 Å². The number of fused-ring (bicyclic) bond motifs is 1. The van der Waals surface area contributed by atoms with Crippen molar-refractivity contribution in [2.24, 2.45) is 7.05 Å². The van der Waals surface area contributed by atoms with E-state index in [-0.39, 0.29) is 5.82 Å². The van der Waals surface area contributed by atoms with E-state index >= 15 is 0 Å². The van der Waals surface area contributed by atoms with Gasteiger partial charge in [0.05, 0.1) is 7.11 Å². The van der Waals surface area contributed by atoms with E-state index in [0.29, 0.717) is 35.2 Å². The molecule has 0 spiro atoms. The van der Waals surface area contributed by atoms with Gasteiger partial charge in [-0.05, 0) is 66.1 Å². The van der Waals surface area contributed by atoms with Gasteiger partial charge in [-0.15, -0.1) is 10.2 Å². The number of hydrogen-bond acceptors (Lipinski definition) is 7. The number of oxazole rings is 1. The Kier molecular flexibility index (Phi) is 7.25. The number of halogens is 1. The van der Waals surface area contributed by atoms with E-state index in [1.165, 1.54) is 12.1 Å². The van der Waals surface area contributed by atoms with E-state index in [1.807, 2.05) is 43.4 Å². The zero-order valence-corrected chi connectivity index (χ0v) is 21.0. The molecule has 0 aliphatic heterocycles. The predicted molar refractivity (Wildman–Crippen MR) is 140 cm³/mol. The average molecular weight is 502 g/mol. The summed E-state index contributed by atoms with van der Waals surface area (Å²) in [5.74, 6) is 1.34. The van der Waals surface area contributed by atoms with Crippen LogP contribution < -0.4 is 10.1 Å². The van der Waals surface area contributed by atoms with Gasteiger partial charge >= 0.3 is 0 Å². The van der Waals surface area contributed by atoms with Crippen molar-refractivity contribution in [1.29, 1.82) is 0 Å². The Labute approximate surface area is 214 Å². The Morgan fingerprint density at radius 3 is 2.68 bits per heavy atom. The third-order valence-corrected chi connectivity index (χ3v) is 6.12. The van der Waals surface area contributed by atoms with Crippen LogP contribution in [0.3, 0.4) is 0 Å². The summed E-state index contributed by atoms with van der Waals surface area (Å²) < 4.78 is 32.8. The first kappa shape index (κ1) is 24.6. The third-order valence-electron chi connectivity index (χ3n) is 6.12. The molecule has 190 valence electrons. The summed E-state index contributed by atoms with van der Waals surface area (Å²) in [6.45, 7) is 2.26. The summed E-state index contributed by atoms with van der Waals surface area (Å²) in [4.78, 5) is 4.76. The molecular formula is C28H28FN5O3. The van der Waals surface area contributed by atoms with Gasteiger partial charge in [-0.25, -0.2) is 9.37 Å². The summed E-state index contributed by atoms with van der Waals surface area (Å²) in [6.07, 6.45) is 2.53. The van der Waals surface area contributed by atoms with E-state index in [4.69, 9.17) is 18.9 Å². The second-order valence-electron chi connectivity index (χ2n) is 8.72. The van der Waals surface area contributed by atoms with E-state index in [2.05, 4.69) is 15.5 Å². The van der Waals surface area contributed by atoms with Crippen molar-refractivity contribution >= 4 is 11.1 Å². The molecule has 1 N–H and O–H groups in total. The molecule has 0 saturated heterocycles. The second kappa shape index (κ2) is 10.9. The van der Waals surface area contributed by atoms with Crippen molar-refractivity contribution in [3.05, 3.63) is 72.3 Å². The van der Waals surface area contributed by atoms with Crippen molar-refractivity contribution in [2.75, 3.05) is 27.4 Å². The highest BCUT2D eigenvalue weighted by Gasteiger charge is 2.17. The lowest BCUT2D eigenvalue weighted by Crippen LogP contribution is -2.16. The Balaban J connectivity index is 1.49. The summed E-state index contributed by atoms with van der Waals surface area (Å²) >= 11 is 0. The van der Waals surface area contributed by atoms with Crippen LogP contribution in [-0.2, 0) is 18.3 Å². The molecule has 9 heteroatoms. The Morgan fingerprint density at radius 2 is 1.89 bits per heavy atom. The lowest BCUT2D eigenvalue weighted by atomic mass is 9.97. The first-order valence-corrected chi connectivity index (χ1v) is 12.0. The van der Waals surface area contributed by atoms with Crippen LogP contribution in [-0.4, -0.2) is 47.1 Å². The van der Waals surface area contributed by atoms with E-state index in [1.54, 1.807) is 31.2 Å². The number of hydrogen-bond donors (Lipinski definition) is 1. The summed E-state index contributed by atoms with van der Waals surface area (Å²) in [6, 6.07) is 16.4. The van der Waals surface area contributed by atoms with E-state index in [9.17, 15) is 4.39 Å². The molecule has 2 aromatic heterocycles. The highest BCUT2D eigenvalue weighted by atomic mass is 19.1. The molecule has 37 heavy (non-hydrogen) atoms. The van der Waals surface area contributed by atoms with Crippen LogP contribution in [0.25, 0.3) is 45.1 Å². The highest BCUT2D eigenvalue weighted by Crippen LogP contribution is 2.36. The molecule has 0 radical (unpaired) electrons. The Bertz CT molecular complexity index is 1530. The van der Waals surface area contributed by atoms with Crippen LogP contribution in [0.15, 0.2) is 65.3 Å². The third kappa shape index (κ3) is 5.23. The standard InChI is InChI=1S/C28H28FN5O3/c1-34-17-31-33-27(34)23-15-21(29)8-9-22(23)19-6-4-7-20(14-19)28-32-24-12-18(16-30-10-5-11-35-2)13-25(36-3)26(24)37-28/h4,6-9,12-15,17,30H,5,10-11,16H2,1-3H3. The topological polar surface area (TPSA) is 87.2 Å². The molecule has 0 amide bonds. The minimum absolute atomic E-state index is 0.340. The quantitative estimate of drug-likeness (QED) is 0.262. The van der Waals surface area contributed by atoms with Gasteiger partial charge in [0.25, 0.3) is 0 Å². The van der Waals surface area contributed by atoms with Gasteiger partial charge in [0.15, 0.2) is 17.2 Å². The first-order chi connectivity index (χ1) is 18.1. The fraction of sp³-hybridized carbons (Fsp3) is 0.250. The van der Waals surface area contributed by atoms with Crippen LogP contribution in [0.4, 0.5) is 4.39 Å². The highest BCUT2D eigenvalue weighted by molar-refractivity contribution is 5.85. The van der Waals surface area contributed by atoms with Crippen LogP contribution in [0.5, 0.6) is 5.75 Å². The first-order valence-electron chi connectivity index (χ1n) is 12.0. The Hall–Kier alpha value is -4.08. The van der Waals surface area contributed by atoms with Gasteiger partial charge in [0.2, 0.25) is 5.89 Å². The molecule has 5 aromatic rings. The number of nitrogens with one attached hydrogen (secondary N) is 1. The molecule has 8 nitrogen and oxygen atoms in total. The minimum Gasteiger partial charge on any atom is -0.493 e. The minimum atomic E-state index is -0.340. The molecule has 2 heterocycles. The molecular weight excluding hydrogens is 473 g/mol. The van der Waals surface area contributed by atoms with Crippen LogP contribution >= 0.6 is 0 Å². The van der Waals surface area contributed by atoms with Crippen molar-refractivity contribution in [3.63, 3.8) is 0 Å². The van der Waals surface area contributed by atoms with Gasteiger partial charge in [-0.2, -0.15) is 0 Å². The fourth-order valence-electron chi connectivity index (χ4n) is 4.31. The second-order valence-corrected chi connectivity index (χ2v) is 8.72. The van der Waals surface area contributed by atoms with Gasteiger partial charge in [0, 0.05) is 38.4 Å². The van der Waals surface area contributed by atoms with Crippen LogP contribution in [0.2, 0.25) is 0 Å². The molecule has 5 rings (SSSR count). The van der Waals surface area contributed by atoms with Gasteiger partial charge < -0.3 is 23.8 Å². The molecule has 0 unspecified atom stereocenters. The largest absolute Gasteiger partial charge is 0.493 e.